The molecule has 0 aliphatic carbocycles. The topological polar surface area (TPSA) is 73.6 Å². The Labute approximate surface area is 122 Å². The van der Waals surface area contributed by atoms with Crippen LogP contribution in [-0.4, -0.2) is 34.1 Å². The minimum atomic E-state index is -0.503. The molecule has 0 spiro atoms. The lowest BCUT2D eigenvalue weighted by molar-refractivity contribution is 0.0519. The summed E-state index contributed by atoms with van der Waals surface area (Å²) in [5.41, 5.74) is 1.43. The molecule has 1 aromatic carbocycles. The van der Waals surface area contributed by atoms with Crippen LogP contribution < -0.4 is 4.74 Å². The van der Waals surface area contributed by atoms with Crippen LogP contribution in [0.5, 0.6) is 5.75 Å². The average Bonchev–Trinajstić information content (AvgIpc) is 2.93. The van der Waals surface area contributed by atoms with Crippen LogP contribution in [0, 0.1) is 0 Å². The molecule has 0 fully saturated rings. The molecule has 0 amide bonds. The van der Waals surface area contributed by atoms with Crippen molar-refractivity contribution in [2.24, 2.45) is 0 Å². The lowest BCUT2D eigenvalue weighted by Gasteiger charge is -2.07. The predicted molar refractivity (Wildman–Crippen MR) is 76.6 cm³/mol. The van der Waals surface area contributed by atoms with Gasteiger partial charge in [-0.3, -0.25) is 0 Å². The van der Waals surface area contributed by atoms with E-state index in [0.29, 0.717) is 12.3 Å². The van der Waals surface area contributed by atoms with E-state index < -0.39 is 5.97 Å². The molecular weight excluding hydrogens is 272 g/mol. The number of esters is 1. The van der Waals surface area contributed by atoms with Crippen molar-refractivity contribution in [3.63, 3.8) is 0 Å². The molecular formula is C15H18N2O4. The van der Waals surface area contributed by atoms with Crippen LogP contribution in [0.15, 0.2) is 30.3 Å². The Bertz CT molecular complexity index is 605. The summed E-state index contributed by atoms with van der Waals surface area (Å²) in [6.45, 7) is 4.30. The Morgan fingerprint density at radius 3 is 2.52 bits per heavy atom. The van der Waals surface area contributed by atoms with Gasteiger partial charge in [0.1, 0.15) is 5.75 Å². The second-order valence-electron chi connectivity index (χ2n) is 4.24. The van der Waals surface area contributed by atoms with Crippen LogP contribution in [0.1, 0.15) is 30.0 Å². The van der Waals surface area contributed by atoms with E-state index in [1.807, 2.05) is 31.2 Å². The van der Waals surface area contributed by atoms with E-state index in [9.17, 15) is 9.90 Å². The minimum absolute atomic E-state index is 0.176. The van der Waals surface area contributed by atoms with Crippen LogP contribution in [-0.2, 0) is 11.3 Å². The van der Waals surface area contributed by atoms with E-state index in [2.05, 4.69) is 5.10 Å². The Hall–Kier alpha value is -2.34. The zero-order valence-corrected chi connectivity index (χ0v) is 12.1. The van der Waals surface area contributed by atoms with E-state index in [0.717, 1.165) is 11.4 Å². The number of carbonyl (C=O) groups excluding carboxylic acids is 1. The molecule has 2 aromatic rings. The molecule has 2 rings (SSSR count). The monoisotopic (exact) mass is 290 g/mol. The van der Waals surface area contributed by atoms with E-state index in [-0.39, 0.29) is 18.9 Å². The number of hydrogen-bond donors (Lipinski definition) is 1. The third-order valence-corrected chi connectivity index (χ3v) is 2.82. The second kappa shape index (κ2) is 6.90. The Balaban J connectivity index is 2.31. The molecule has 0 radical (unpaired) electrons. The number of hydrogen-bond acceptors (Lipinski definition) is 5. The summed E-state index contributed by atoms with van der Waals surface area (Å²) in [6, 6.07) is 8.77. The molecule has 1 heterocycles. The van der Waals surface area contributed by atoms with Crippen LogP contribution in [0.2, 0.25) is 0 Å². The van der Waals surface area contributed by atoms with Crippen LogP contribution in [0.4, 0.5) is 0 Å². The first-order valence-electron chi connectivity index (χ1n) is 6.79. The number of nitrogens with zero attached hydrogens (tertiary/aromatic N) is 2. The molecule has 0 aliphatic heterocycles. The molecule has 0 saturated heterocycles. The summed E-state index contributed by atoms with van der Waals surface area (Å²) in [4.78, 5) is 11.7. The first-order chi connectivity index (χ1) is 10.2. The summed E-state index contributed by atoms with van der Waals surface area (Å²) in [5.74, 6) is 0.251. The van der Waals surface area contributed by atoms with Gasteiger partial charge in [-0.05, 0) is 44.2 Å². The van der Waals surface area contributed by atoms with Gasteiger partial charge in [-0.15, -0.1) is 0 Å². The van der Waals surface area contributed by atoms with Crippen LogP contribution in [0.25, 0.3) is 5.69 Å². The third-order valence-electron chi connectivity index (χ3n) is 2.82. The quantitative estimate of drug-likeness (QED) is 0.823. The lowest BCUT2D eigenvalue weighted by Crippen LogP contribution is -2.07. The van der Waals surface area contributed by atoms with E-state index in [1.165, 1.54) is 10.7 Å². The van der Waals surface area contributed by atoms with Crippen molar-refractivity contribution in [3.05, 3.63) is 41.7 Å². The fourth-order valence-corrected chi connectivity index (χ4v) is 1.91. The normalized spacial score (nSPS) is 10.4. The molecule has 1 aromatic heterocycles. The zero-order valence-electron chi connectivity index (χ0n) is 12.1. The number of aliphatic hydroxyl groups excluding tert-OH is 1. The average molecular weight is 290 g/mol. The van der Waals surface area contributed by atoms with Gasteiger partial charge < -0.3 is 14.6 Å². The summed E-state index contributed by atoms with van der Waals surface area (Å²) in [7, 11) is 0. The SMILES string of the molecule is CCOC(=O)c1cc(CO)n(-c2ccc(OCC)cc2)n1. The fourth-order valence-electron chi connectivity index (χ4n) is 1.91. The second-order valence-corrected chi connectivity index (χ2v) is 4.24. The highest BCUT2D eigenvalue weighted by molar-refractivity contribution is 5.87. The van der Waals surface area contributed by atoms with Crippen molar-refractivity contribution in [3.8, 4) is 11.4 Å². The highest BCUT2D eigenvalue weighted by Crippen LogP contribution is 2.18. The zero-order chi connectivity index (χ0) is 15.2. The smallest absolute Gasteiger partial charge is 0.358 e. The molecule has 0 saturated carbocycles. The maximum atomic E-state index is 11.7. The van der Waals surface area contributed by atoms with Crippen molar-refractivity contribution >= 4 is 5.97 Å². The molecule has 21 heavy (non-hydrogen) atoms. The summed E-state index contributed by atoms with van der Waals surface area (Å²) >= 11 is 0. The summed E-state index contributed by atoms with van der Waals surface area (Å²) < 4.78 is 11.8. The van der Waals surface area contributed by atoms with Crippen molar-refractivity contribution in [1.82, 2.24) is 9.78 Å². The first kappa shape index (κ1) is 15.1. The van der Waals surface area contributed by atoms with E-state index in [1.54, 1.807) is 6.92 Å². The number of ether oxygens (including phenoxy) is 2. The van der Waals surface area contributed by atoms with E-state index in [4.69, 9.17) is 9.47 Å². The van der Waals surface area contributed by atoms with Gasteiger partial charge in [0.05, 0.1) is 31.2 Å². The van der Waals surface area contributed by atoms with Gasteiger partial charge in [-0.2, -0.15) is 5.10 Å². The molecule has 0 atom stereocenters. The lowest BCUT2D eigenvalue weighted by atomic mass is 10.3. The van der Waals surface area contributed by atoms with Crippen molar-refractivity contribution in [2.75, 3.05) is 13.2 Å². The Morgan fingerprint density at radius 2 is 1.95 bits per heavy atom. The number of aliphatic hydroxyl groups is 1. The molecule has 6 nitrogen and oxygen atoms in total. The largest absolute Gasteiger partial charge is 0.494 e. The molecule has 0 bridgehead atoms. The molecule has 0 aliphatic rings. The minimum Gasteiger partial charge on any atom is -0.494 e. The van der Waals surface area contributed by atoms with Gasteiger partial charge in [-0.25, -0.2) is 9.48 Å². The first-order valence-corrected chi connectivity index (χ1v) is 6.79. The third kappa shape index (κ3) is 3.41. The maximum Gasteiger partial charge on any atom is 0.358 e. The molecule has 1 N–H and O–H groups in total. The Kier molecular flexibility index (Phi) is 4.94. The van der Waals surface area contributed by atoms with Gasteiger partial charge in [0.2, 0.25) is 0 Å². The number of aromatic nitrogens is 2. The molecule has 0 unspecified atom stereocenters. The van der Waals surface area contributed by atoms with Gasteiger partial charge in [0.25, 0.3) is 0 Å². The predicted octanol–water partition coefficient (Wildman–Crippen LogP) is 1.94. The van der Waals surface area contributed by atoms with Crippen LogP contribution in [0.3, 0.4) is 0 Å². The van der Waals surface area contributed by atoms with Crippen molar-refractivity contribution in [1.29, 1.82) is 0 Å². The van der Waals surface area contributed by atoms with Gasteiger partial charge in [0.15, 0.2) is 5.69 Å². The Morgan fingerprint density at radius 1 is 1.24 bits per heavy atom. The van der Waals surface area contributed by atoms with Gasteiger partial charge >= 0.3 is 5.97 Å². The number of benzene rings is 1. The highest BCUT2D eigenvalue weighted by Gasteiger charge is 2.15. The van der Waals surface area contributed by atoms with Crippen molar-refractivity contribution < 1.29 is 19.4 Å². The number of carbonyl (C=O) groups is 1. The summed E-state index contributed by atoms with van der Waals surface area (Å²) in [5, 5.41) is 13.6. The van der Waals surface area contributed by atoms with Crippen LogP contribution >= 0.6 is 0 Å². The van der Waals surface area contributed by atoms with Gasteiger partial charge in [-0.1, -0.05) is 0 Å². The van der Waals surface area contributed by atoms with Crippen molar-refractivity contribution in [2.45, 2.75) is 20.5 Å². The van der Waals surface area contributed by atoms with Gasteiger partial charge in [0, 0.05) is 0 Å². The molecule has 112 valence electrons. The fraction of sp³-hybridized carbons (Fsp3) is 0.333. The highest BCUT2D eigenvalue weighted by atomic mass is 16.5. The molecule has 6 heteroatoms. The maximum absolute atomic E-state index is 11.7. The number of rotatable bonds is 6. The summed E-state index contributed by atoms with van der Waals surface area (Å²) in [6.07, 6.45) is 0. The van der Waals surface area contributed by atoms with E-state index >= 15 is 0 Å². The standard InChI is InChI=1S/C15H18N2O4/c1-3-20-13-7-5-11(6-8-13)17-12(10-18)9-14(16-17)15(19)21-4-2/h5-9,18H,3-4,10H2,1-2H3.